The second-order valence-electron chi connectivity index (χ2n) is 4.89. The first-order chi connectivity index (χ1) is 10.5. The Hall–Kier alpha value is -2.83. The first-order valence-corrected chi connectivity index (χ1v) is 6.74. The summed E-state index contributed by atoms with van der Waals surface area (Å²) in [4.78, 5) is 37.1. The molecule has 0 aliphatic heterocycles. The van der Waals surface area contributed by atoms with Gasteiger partial charge in [0, 0.05) is 30.4 Å². The molecular weight excluding hydrogens is 286 g/mol. The first-order valence-electron chi connectivity index (χ1n) is 6.74. The Morgan fingerprint density at radius 2 is 2.05 bits per heavy atom. The van der Waals surface area contributed by atoms with Gasteiger partial charge in [-0.1, -0.05) is 18.2 Å². The van der Waals surface area contributed by atoms with E-state index < -0.39 is 24.5 Å². The van der Waals surface area contributed by atoms with Crippen molar-refractivity contribution in [1.29, 1.82) is 0 Å². The SMILES string of the molecule is CC(=O)N[C@@H](Cc1c[nH]c2ccccc12)C(=O)OCC(N)=O. The molecule has 1 atom stereocenters. The van der Waals surface area contributed by atoms with Crippen LogP contribution in [0.1, 0.15) is 12.5 Å². The van der Waals surface area contributed by atoms with Gasteiger partial charge in [0.05, 0.1) is 0 Å². The van der Waals surface area contributed by atoms with Gasteiger partial charge in [-0.15, -0.1) is 0 Å². The second-order valence-corrected chi connectivity index (χ2v) is 4.89. The molecule has 4 N–H and O–H groups in total. The summed E-state index contributed by atoms with van der Waals surface area (Å²) >= 11 is 0. The molecule has 0 radical (unpaired) electrons. The van der Waals surface area contributed by atoms with Gasteiger partial charge in [-0.25, -0.2) is 4.79 Å². The normalized spacial score (nSPS) is 11.9. The molecule has 0 unspecified atom stereocenters. The van der Waals surface area contributed by atoms with Crippen molar-refractivity contribution in [2.24, 2.45) is 5.73 Å². The van der Waals surface area contributed by atoms with Crippen LogP contribution in [-0.2, 0) is 25.5 Å². The molecule has 0 aliphatic rings. The zero-order valence-electron chi connectivity index (χ0n) is 12.1. The van der Waals surface area contributed by atoms with Crippen molar-refractivity contribution in [3.63, 3.8) is 0 Å². The number of fused-ring (bicyclic) bond motifs is 1. The van der Waals surface area contributed by atoms with E-state index in [1.165, 1.54) is 6.92 Å². The molecule has 22 heavy (non-hydrogen) atoms. The number of benzene rings is 1. The highest BCUT2D eigenvalue weighted by atomic mass is 16.5. The summed E-state index contributed by atoms with van der Waals surface area (Å²) in [6.07, 6.45) is 2.03. The Morgan fingerprint density at radius 1 is 1.32 bits per heavy atom. The quantitative estimate of drug-likeness (QED) is 0.663. The lowest BCUT2D eigenvalue weighted by molar-refractivity contribution is -0.150. The molecule has 0 aliphatic carbocycles. The predicted octanol–water partition coefficient (Wildman–Crippen LogP) is 0.244. The summed E-state index contributed by atoms with van der Waals surface area (Å²) in [5, 5.41) is 3.49. The van der Waals surface area contributed by atoms with Crippen LogP contribution in [0.4, 0.5) is 0 Å². The Balaban J connectivity index is 2.17. The summed E-state index contributed by atoms with van der Waals surface area (Å²) in [5.74, 6) is -1.80. The summed E-state index contributed by atoms with van der Waals surface area (Å²) in [5.41, 5.74) is 6.74. The molecule has 1 aromatic heterocycles. The largest absolute Gasteiger partial charge is 0.454 e. The van der Waals surface area contributed by atoms with Gasteiger partial charge < -0.3 is 20.8 Å². The Bertz CT molecular complexity index is 708. The minimum atomic E-state index is -0.879. The molecule has 0 bridgehead atoms. The number of aromatic amines is 1. The third-order valence-corrected chi connectivity index (χ3v) is 3.12. The molecule has 0 saturated heterocycles. The van der Waals surface area contributed by atoms with Crippen LogP contribution in [0.15, 0.2) is 30.5 Å². The van der Waals surface area contributed by atoms with Crippen LogP contribution in [-0.4, -0.2) is 35.4 Å². The maximum atomic E-state index is 12.0. The highest BCUT2D eigenvalue weighted by molar-refractivity contribution is 5.87. The number of amides is 2. The Kier molecular flexibility index (Phi) is 4.77. The zero-order valence-corrected chi connectivity index (χ0v) is 12.1. The van der Waals surface area contributed by atoms with Gasteiger partial charge in [0.1, 0.15) is 6.04 Å². The molecule has 1 aromatic carbocycles. The zero-order chi connectivity index (χ0) is 16.1. The number of primary amides is 1. The number of rotatable bonds is 6. The van der Waals surface area contributed by atoms with Gasteiger partial charge >= 0.3 is 5.97 Å². The van der Waals surface area contributed by atoms with Gasteiger partial charge in [-0.2, -0.15) is 0 Å². The van der Waals surface area contributed by atoms with Crippen LogP contribution in [0.2, 0.25) is 0 Å². The highest BCUT2D eigenvalue weighted by Crippen LogP contribution is 2.19. The fraction of sp³-hybridized carbons (Fsp3) is 0.267. The van der Waals surface area contributed by atoms with Crippen molar-refractivity contribution in [3.8, 4) is 0 Å². The van der Waals surface area contributed by atoms with Crippen LogP contribution in [0.25, 0.3) is 10.9 Å². The number of hydrogen-bond acceptors (Lipinski definition) is 4. The number of para-hydroxylation sites is 1. The van der Waals surface area contributed by atoms with E-state index in [1.54, 1.807) is 6.20 Å². The van der Waals surface area contributed by atoms with Crippen molar-refractivity contribution >= 4 is 28.7 Å². The number of ether oxygens (including phenoxy) is 1. The molecule has 116 valence electrons. The molecule has 0 saturated carbocycles. The van der Waals surface area contributed by atoms with Crippen LogP contribution in [0, 0.1) is 0 Å². The average molecular weight is 303 g/mol. The van der Waals surface area contributed by atoms with E-state index in [4.69, 9.17) is 10.5 Å². The summed E-state index contributed by atoms with van der Waals surface area (Å²) in [6, 6.07) is 6.74. The molecule has 7 nitrogen and oxygen atoms in total. The number of nitrogens with one attached hydrogen (secondary N) is 2. The maximum absolute atomic E-state index is 12.0. The number of H-pyrrole nitrogens is 1. The minimum Gasteiger partial charge on any atom is -0.454 e. The second kappa shape index (κ2) is 6.75. The lowest BCUT2D eigenvalue weighted by atomic mass is 10.0. The Morgan fingerprint density at radius 3 is 2.73 bits per heavy atom. The molecule has 7 heteroatoms. The topological polar surface area (TPSA) is 114 Å². The van der Waals surface area contributed by atoms with Crippen molar-refractivity contribution in [1.82, 2.24) is 10.3 Å². The summed E-state index contributed by atoms with van der Waals surface area (Å²) in [6.45, 7) is 0.798. The van der Waals surface area contributed by atoms with Crippen molar-refractivity contribution in [2.45, 2.75) is 19.4 Å². The monoisotopic (exact) mass is 303 g/mol. The number of esters is 1. The third-order valence-electron chi connectivity index (χ3n) is 3.12. The van der Waals surface area contributed by atoms with Crippen molar-refractivity contribution in [3.05, 3.63) is 36.0 Å². The van der Waals surface area contributed by atoms with E-state index in [9.17, 15) is 14.4 Å². The number of carbonyl (C=O) groups excluding carboxylic acids is 3. The molecular formula is C15H17N3O4. The van der Waals surface area contributed by atoms with E-state index in [2.05, 4.69) is 10.3 Å². The van der Waals surface area contributed by atoms with Gasteiger partial charge in [0.15, 0.2) is 6.61 Å². The lowest BCUT2D eigenvalue weighted by Crippen LogP contribution is -2.43. The molecule has 2 amide bonds. The van der Waals surface area contributed by atoms with Crippen LogP contribution in [0.3, 0.4) is 0 Å². The van der Waals surface area contributed by atoms with Gasteiger partial charge in [-0.3, -0.25) is 9.59 Å². The first kappa shape index (κ1) is 15.6. The average Bonchev–Trinajstić information content (AvgIpc) is 2.87. The van der Waals surface area contributed by atoms with E-state index in [0.29, 0.717) is 0 Å². The fourth-order valence-corrected chi connectivity index (χ4v) is 2.20. The van der Waals surface area contributed by atoms with Crippen molar-refractivity contribution < 1.29 is 19.1 Å². The van der Waals surface area contributed by atoms with Gasteiger partial charge in [0.25, 0.3) is 5.91 Å². The number of aromatic nitrogens is 1. The van der Waals surface area contributed by atoms with Crippen LogP contribution >= 0.6 is 0 Å². The van der Waals surface area contributed by atoms with Gasteiger partial charge in [0.2, 0.25) is 5.91 Å². The van der Waals surface area contributed by atoms with E-state index >= 15 is 0 Å². The van der Waals surface area contributed by atoms with Gasteiger partial charge in [-0.05, 0) is 11.6 Å². The minimum absolute atomic E-state index is 0.251. The van der Waals surface area contributed by atoms with E-state index in [0.717, 1.165) is 16.5 Å². The maximum Gasteiger partial charge on any atom is 0.329 e. The fourth-order valence-electron chi connectivity index (χ4n) is 2.20. The number of nitrogens with two attached hydrogens (primary N) is 1. The summed E-state index contributed by atoms with van der Waals surface area (Å²) in [7, 11) is 0. The summed E-state index contributed by atoms with van der Waals surface area (Å²) < 4.78 is 4.79. The van der Waals surface area contributed by atoms with Crippen molar-refractivity contribution in [2.75, 3.05) is 6.61 Å². The van der Waals surface area contributed by atoms with E-state index in [1.807, 2.05) is 24.3 Å². The third kappa shape index (κ3) is 3.85. The molecule has 0 fully saturated rings. The standard InChI is InChI=1S/C15H17N3O4/c1-9(19)18-13(15(21)22-8-14(16)20)6-10-7-17-12-5-3-2-4-11(10)12/h2-5,7,13,17H,6,8H2,1H3,(H2,16,20)(H,18,19)/t13-/m0/s1. The molecule has 1 heterocycles. The molecule has 2 rings (SSSR count). The lowest BCUT2D eigenvalue weighted by Gasteiger charge is -2.16. The number of carbonyl (C=O) groups is 3. The Labute approximate surface area is 126 Å². The van der Waals surface area contributed by atoms with Crippen LogP contribution < -0.4 is 11.1 Å². The van der Waals surface area contributed by atoms with E-state index in [-0.39, 0.29) is 12.3 Å². The van der Waals surface area contributed by atoms with Crippen LogP contribution in [0.5, 0.6) is 0 Å². The molecule has 2 aromatic rings. The predicted molar refractivity (Wildman–Crippen MR) is 79.8 cm³/mol. The molecule has 0 spiro atoms. The smallest absolute Gasteiger partial charge is 0.329 e. The highest BCUT2D eigenvalue weighted by Gasteiger charge is 2.23. The number of hydrogen-bond donors (Lipinski definition) is 3.